The number of amides is 1. The molecule has 4 nitrogen and oxygen atoms in total. The summed E-state index contributed by atoms with van der Waals surface area (Å²) in [6.07, 6.45) is 1.86. The minimum atomic E-state index is -0.119. The Balaban J connectivity index is 1.78. The van der Waals surface area contributed by atoms with E-state index in [2.05, 4.69) is 16.8 Å². The van der Waals surface area contributed by atoms with Crippen LogP contribution in [-0.4, -0.2) is 42.6 Å². The lowest BCUT2D eigenvalue weighted by Crippen LogP contribution is -2.60. The van der Waals surface area contributed by atoms with Crippen LogP contribution in [0.3, 0.4) is 0 Å². The van der Waals surface area contributed by atoms with Crippen molar-refractivity contribution in [1.82, 2.24) is 10.2 Å². The Hall–Kier alpha value is -1.81. The van der Waals surface area contributed by atoms with Crippen LogP contribution >= 0.6 is 0 Å². The number of carbonyl (C=O) groups is 1. The van der Waals surface area contributed by atoms with Crippen LogP contribution in [0.2, 0.25) is 0 Å². The Morgan fingerprint density at radius 2 is 2.25 bits per heavy atom. The van der Waals surface area contributed by atoms with Gasteiger partial charge in [0.15, 0.2) is 0 Å². The summed E-state index contributed by atoms with van der Waals surface area (Å²) in [6, 6.07) is 7.88. The number of rotatable bonds is 6. The SMILES string of the molecule is C=CCNC(=O)C(C)N1CC(Oc2ccccc2C)C1. The first-order valence-electron chi connectivity index (χ1n) is 6.96. The molecule has 1 amide bonds. The number of hydrogen-bond acceptors (Lipinski definition) is 3. The number of nitrogens with one attached hydrogen (secondary N) is 1. The molecule has 1 fully saturated rings. The summed E-state index contributed by atoms with van der Waals surface area (Å²) in [7, 11) is 0. The molecule has 1 atom stereocenters. The number of nitrogens with zero attached hydrogens (tertiary/aromatic N) is 1. The summed E-state index contributed by atoms with van der Waals surface area (Å²) < 4.78 is 5.93. The quantitative estimate of drug-likeness (QED) is 0.804. The third-order valence-corrected chi connectivity index (χ3v) is 3.61. The average Bonchev–Trinajstić information content (AvgIpc) is 2.40. The van der Waals surface area contributed by atoms with Crippen molar-refractivity contribution in [3.8, 4) is 5.75 Å². The number of hydrogen-bond donors (Lipinski definition) is 1. The van der Waals surface area contributed by atoms with Crippen molar-refractivity contribution >= 4 is 5.91 Å². The van der Waals surface area contributed by atoms with E-state index in [1.165, 1.54) is 0 Å². The molecule has 1 aromatic rings. The lowest BCUT2D eigenvalue weighted by Gasteiger charge is -2.42. The maximum Gasteiger partial charge on any atom is 0.237 e. The fraction of sp³-hybridized carbons (Fsp3) is 0.438. The molecule has 1 unspecified atom stereocenters. The van der Waals surface area contributed by atoms with Crippen molar-refractivity contribution in [3.63, 3.8) is 0 Å². The highest BCUT2D eigenvalue weighted by Crippen LogP contribution is 2.22. The minimum Gasteiger partial charge on any atom is -0.487 e. The van der Waals surface area contributed by atoms with Crippen LogP contribution in [0.25, 0.3) is 0 Å². The molecule has 1 heterocycles. The number of aryl methyl sites for hydroxylation is 1. The van der Waals surface area contributed by atoms with Gasteiger partial charge in [-0.3, -0.25) is 9.69 Å². The van der Waals surface area contributed by atoms with E-state index in [0.29, 0.717) is 6.54 Å². The van der Waals surface area contributed by atoms with Crippen LogP contribution in [0, 0.1) is 6.92 Å². The third-order valence-electron chi connectivity index (χ3n) is 3.61. The fourth-order valence-electron chi connectivity index (χ4n) is 2.21. The molecule has 2 rings (SSSR count). The summed E-state index contributed by atoms with van der Waals surface area (Å²) in [4.78, 5) is 13.9. The number of para-hydroxylation sites is 1. The van der Waals surface area contributed by atoms with Crippen molar-refractivity contribution in [1.29, 1.82) is 0 Å². The van der Waals surface area contributed by atoms with E-state index in [1.807, 2.05) is 38.1 Å². The van der Waals surface area contributed by atoms with Gasteiger partial charge in [0.2, 0.25) is 5.91 Å². The first-order chi connectivity index (χ1) is 9.61. The zero-order valence-electron chi connectivity index (χ0n) is 12.1. The monoisotopic (exact) mass is 274 g/mol. The lowest BCUT2D eigenvalue weighted by molar-refractivity contribution is -0.129. The second kappa shape index (κ2) is 6.57. The molecular weight excluding hydrogens is 252 g/mol. The van der Waals surface area contributed by atoms with Gasteiger partial charge in [0.25, 0.3) is 0 Å². The Morgan fingerprint density at radius 1 is 1.55 bits per heavy atom. The predicted molar refractivity (Wildman–Crippen MR) is 79.8 cm³/mol. The smallest absolute Gasteiger partial charge is 0.237 e. The molecule has 1 aliphatic heterocycles. The molecule has 1 aliphatic rings. The van der Waals surface area contributed by atoms with E-state index >= 15 is 0 Å². The Morgan fingerprint density at radius 3 is 2.90 bits per heavy atom. The molecular formula is C16H22N2O2. The molecule has 0 aromatic heterocycles. The van der Waals surface area contributed by atoms with Gasteiger partial charge in [-0.25, -0.2) is 0 Å². The Bertz CT molecular complexity index is 481. The van der Waals surface area contributed by atoms with Gasteiger partial charge in [0.05, 0.1) is 6.04 Å². The number of carbonyl (C=O) groups excluding carboxylic acids is 1. The molecule has 0 aliphatic carbocycles. The van der Waals surface area contributed by atoms with Crippen LogP contribution in [0.5, 0.6) is 5.75 Å². The van der Waals surface area contributed by atoms with Gasteiger partial charge >= 0.3 is 0 Å². The zero-order chi connectivity index (χ0) is 14.5. The first-order valence-corrected chi connectivity index (χ1v) is 6.96. The van der Waals surface area contributed by atoms with E-state index in [9.17, 15) is 4.79 Å². The molecule has 1 N–H and O–H groups in total. The van der Waals surface area contributed by atoms with Crippen LogP contribution in [0.15, 0.2) is 36.9 Å². The minimum absolute atomic E-state index is 0.0410. The number of likely N-dealkylation sites (tertiary alicyclic amines) is 1. The van der Waals surface area contributed by atoms with E-state index in [-0.39, 0.29) is 18.1 Å². The van der Waals surface area contributed by atoms with Gasteiger partial charge in [0.1, 0.15) is 11.9 Å². The van der Waals surface area contributed by atoms with E-state index in [4.69, 9.17) is 4.74 Å². The van der Waals surface area contributed by atoms with Gasteiger partial charge in [0, 0.05) is 19.6 Å². The van der Waals surface area contributed by atoms with Crippen LogP contribution in [0.1, 0.15) is 12.5 Å². The molecule has 1 saturated heterocycles. The second-order valence-corrected chi connectivity index (χ2v) is 5.17. The third kappa shape index (κ3) is 3.39. The van der Waals surface area contributed by atoms with Gasteiger partial charge < -0.3 is 10.1 Å². The highest BCUT2D eigenvalue weighted by molar-refractivity contribution is 5.81. The summed E-state index contributed by atoms with van der Waals surface area (Å²) in [5, 5.41) is 2.82. The topological polar surface area (TPSA) is 41.6 Å². The maximum atomic E-state index is 11.8. The highest BCUT2D eigenvalue weighted by atomic mass is 16.5. The van der Waals surface area contributed by atoms with Crippen molar-refractivity contribution < 1.29 is 9.53 Å². The summed E-state index contributed by atoms with van der Waals surface area (Å²) in [6.45, 7) is 9.64. The maximum absolute atomic E-state index is 11.8. The second-order valence-electron chi connectivity index (χ2n) is 5.17. The van der Waals surface area contributed by atoms with E-state index < -0.39 is 0 Å². The molecule has 108 valence electrons. The zero-order valence-corrected chi connectivity index (χ0v) is 12.1. The molecule has 0 radical (unpaired) electrons. The first kappa shape index (κ1) is 14.6. The van der Waals surface area contributed by atoms with Crippen LogP contribution in [0.4, 0.5) is 0 Å². The summed E-state index contributed by atoms with van der Waals surface area (Å²) in [5.74, 6) is 0.972. The van der Waals surface area contributed by atoms with Crippen molar-refractivity contribution in [2.75, 3.05) is 19.6 Å². The molecule has 4 heteroatoms. The van der Waals surface area contributed by atoms with Crippen LogP contribution in [-0.2, 0) is 4.79 Å². The number of benzene rings is 1. The molecule has 0 spiro atoms. The van der Waals surface area contributed by atoms with Crippen LogP contribution < -0.4 is 10.1 Å². The standard InChI is InChI=1S/C16H22N2O2/c1-4-9-17-16(19)13(3)18-10-14(11-18)20-15-8-6-5-7-12(15)2/h4-8,13-14H,1,9-11H2,2-3H3,(H,17,19). The van der Waals surface area contributed by atoms with E-state index in [0.717, 1.165) is 24.4 Å². The Kier molecular flexibility index (Phi) is 4.79. The Labute approximate surface area is 120 Å². The largest absolute Gasteiger partial charge is 0.487 e. The molecule has 0 bridgehead atoms. The average molecular weight is 274 g/mol. The van der Waals surface area contributed by atoms with Crippen molar-refractivity contribution in [2.45, 2.75) is 26.0 Å². The lowest BCUT2D eigenvalue weighted by atomic mass is 10.1. The van der Waals surface area contributed by atoms with Gasteiger partial charge in [-0.05, 0) is 25.5 Å². The van der Waals surface area contributed by atoms with E-state index in [1.54, 1.807) is 6.08 Å². The van der Waals surface area contributed by atoms with Crippen molar-refractivity contribution in [2.24, 2.45) is 0 Å². The normalized spacial score (nSPS) is 17.1. The fourth-order valence-corrected chi connectivity index (χ4v) is 2.21. The predicted octanol–water partition coefficient (Wildman–Crippen LogP) is 1.75. The molecule has 1 aromatic carbocycles. The van der Waals surface area contributed by atoms with Gasteiger partial charge in [-0.2, -0.15) is 0 Å². The van der Waals surface area contributed by atoms with Crippen molar-refractivity contribution in [3.05, 3.63) is 42.5 Å². The number of ether oxygens (including phenoxy) is 1. The highest BCUT2D eigenvalue weighted by Gasteiger charge is 2.34. The van der Waals surface area contributed by atoms with Gasteiger partial charge in [-0.15, -0.1) is 6.58 Å². The summed E-state index contributed by atoms with van der Waals surface area (Å²) >= 11 is 0. The molecule has 20 heavy (non-hydrogen) atoms. The summed E-state index contributed by atoms with van der Waals surface area (Å²) in [5.41, 5.74) is 1.14. The van der Waals surface area contributed by atoms with Gasteiger partial charge in [-0.1, -0.05) is 24.3 Å². The molecule has 0 saturated carbocycles.